The van der Waals surface area contributed by atoms with Crippen LogP contribution < -0.4 is 11.0 Å². The lowest BCUT2D eigenvalue weighted by atomic mass is 10.00. The van der Waals surface area contributed by atoms with Gasteiger partial charge in [0.05, 0.1) is 5.75 Å². The Kier molecular flexibility index (Phi) is 7.57. The van der Waals surface area contributed by atoms with Crippen LogP contribution in [0.25, 0.3) is 22.2 Å². The Labute approximate surface area is 217 Å². The fraction of sp³-hybridized carbons (Fsp3) is 0.500. The number of hydrogen-bond acceptors (Lipinski definition) is 8. The average Bonchev–Trinajstić information content (AvgIpc) is 2.90. The van der Waals surface area contributed by atoms with Gasteiger partial charge in [-0.1, -0.05) is 31.2 Å². The number of piperazine rings is 1. The van der Waals surface area contributed by atoms with Crippen LogP contribution in [0.15, 0.2) is 41.3 Å². The molecule has 5 rings (SSSR count). The summed E-state index contributed by atoms with van der Waals surface area (Å²) in [6.45, 7) is 6.95. The van der Waals surface area contributed by atoms with Gasteiger partial charge in [-0.05, 0) is 43.4 Å². The molecule has 37 heavy (non-hydrogen) atoms. The number of aromatic nitrogens is 3. The molecule has 0 aliphatic carbocycles. The Morgan fingerprint density at radius 3 is 2.51 bits per heavy atom. The molecular formula is C26H34N6O4S. The van der Waals surface area contributed by atoms with Crippen molar-refractivity contribution in [3.8, 4) is 11.1 Å². The van der Waals surface area contributed by atoms with Gasteiger partial charge in [0.25, 0.3) is 5.56 Å². The Balaban J connectivity index is 1.47. The first-order valence-corrected chi connectivity index (χ1v) is 14.5. The molecule has 2 aliphatic rings. The zero-order valence-corrected chi connectivity index (χ0v) is 22.2. The Hall–Kier alpha value is -2.86. The van der Waals surface area contributed by atoms with Crippen molar-refractivity contribution < 1.29 is 13.2 Å². The number of fused-ring (bicyclic) bond motifs is 1. The second kappa shape index (κ2) is 10.9. The number of hydrogen-bond donors (Lipinski definition) is 1. The molecule has 3 aromatic rings. The van der Waals surface area contributed by atoms with E-state index in [1.54, 1.807) is 10.5 Å². The van der Waals surface area contributed by atoms with E-state index in [1.807, 2.05) is 53.8 Å². The van der Waals surface area contributed by atoms with Crippen LogP contribution in [0.4, 0.5) is 5.95 Å². The third kappa shape index (κ3) is 5.40. The summed E-state index contributed by atoms with van der Waals surface area (Å²) >= 11 is 0. The van der Waals surface area contributed by atoms with Gasteiger partial charge in [-0.15, -0.1) is 0 Å². The number of anilines is 1. The lowest BCUT2D eigenvalue weighted by Crippen LogP contribution is -2.51. The smallest absolute Gasteiger partial charge is 0.260 e. The molecule has 2 aliphatic heterocycles. The van der Waals surface area contributed by atoms with Crippen molar-refractivity contribution in [1.82, 2.24) is 23.8 Å². The van der Waals surface area contributed by atoms with Crippen molar-refractivity contribution in [2.75, 3.05) is 50.6 Å². The van der Waals surface area contributed by atoms with Crippen molar-refractivity contribution in [2.24, 2.45) is 0 Å². The fourth-order valence-electron chi connectivity index (χ4n) is 5.13. The minimum Gasteiger partial charge on any atom is -0.381 e. The third-order valence-electron chi connectivity index (χ3n) is 7.12. The van der Waals surface area contributed by atoms with E-state index in [2.05, 4.69) is 10.4 Å². The fourth-order valence-corrected chi connectivity index (χ4v) is 6.62. The van der Waals surface area contributed by atoms with E-state index < -0.39 is 10.0 Å². The van der Waals surface area contributed by atoms with Crippen molar-refractivity contribution in [2.45, 2.75) is 39.2 Å². The molecule has 10 nitrogen and oxygen atoms in total. The normalized spacial score (nSPS) is 18.3. The van der Waals surface area contributed by atoms with Gasteiger partial charge in [-0.3, -0.25) is 14.8 Å². The van der Waals surface area contributed by atoms with Crippen LogP contribution in [0.2, 0.25) is 0 Å². The Bertz CT molecular complexity index is 1430. The van der Waals surface area contributed by atoms with Crippen molar-refractivity contribution in [1.29, 1.82) is 0 Å². The van der Waals surface area contributed by atoms with Crippen LogP contribution in [-0.4, -0.2) is 77.4 Å². The summed E-state index contributed by atoms with van der Waals surface area (Å²) < 4.78 is 33.7. The van der Waals surface area contributed by atoms with Crippen LogP contribution in [-0.2, 0) is 14.8 Å². The molecule has 0 radical (unpaired) electrons. The van der Waals surface area contributed by atoms with Gasteiger partial charge in [0, 0.05) is 62.6 Å². The molecule has 4 heterocycles. The van der Waals surface area contributed by atoms with Gasteiger partial charge in [-0.25, -0.2) is 18.4 Å². The van der Waals surface area contributed by atoms with E-state index in [9.17, 15) is 13.2 Å². The maximum Gasteiger partial charge on any atom is 0.260 e. The first-order chi connectivity index (χ1) is 17.9. The minimum absolute atomic E-state index is 0.0113. The molecule has 2 fully saturated rings. The van der Waals surface area contributed by atoms with E-state index in [0.717, 1.165) is 29.4 Å². The van der Waals surface area contributed by atoms with E-state index in [4.69, 9.17) is 9.72 Å². The number of sulfonamides is 1. The van der Waals surface area contributed by atoms with Crippen LogP contribution in [0.3, 0.4) is 0 Å². The number of benzene rings is 1. The minimum atomic E-state index is -3.21. The third-order valence-corrected chi connectivity index (χ3v) is 9.19. The summed E-state index contributed by atoms with van der Waals surface area (Å²) in [6, 6.07) is 9.77. The summed E-state index contributed by atoms with van der Waals surface area (Å²) in [5.74, 6) is 0.559. The van der Waals surface area contributed by atoms with Gasteiger partial charge in [0.1, 0.15) is 5.65 Å². The summed E-state index contributed by atoms with van der Waals surface area (Å²) in [5.41, 5.74) is 6.36. The number of ether oxygens (including phenoxy) is 1. The molecular weight excluding hydrogens is 492 g/mol. The highest BCUT2D eigenvalue weighted by molar-refractivity contribution is 7.89. The number of rotatable bonds is 7. The number of aryl methyl sites for hydroxylation is 1. The molecule has 0 atom stereocenters. The van der Waals surface area contributed by atoms with Crippen molar-refractivity contribution in [3.63, 3.8) is 0 Å². The second-order valence-corrected chi connectivity index (χ2v) is 11.8. The first-order valence-electron chi connectivity index (χ1n) is 12.9. The largest absolute Gasteiger partial charge is 0.381 e. The highest BCUT2D eigenvalue weighted by atomic mass is 32.2. The van der Waals surface area contributed by atoms with Crippen LogP contribution in [0.5, 0.6) is 0 Å². The molecule has 11 heteroatoms. The zero-order valence-electron chi connectivity index (χ0n) is 21.4. The highest BCUT2D eigenvalue weighted by Gasteiger charge is 2.27. The van der Waals surface area contributed by atoms with Crippen molar-refractivity contribution >= 4 is 27.0 Å². The predicted octanol–water partition coefficient (Wildman–Crippen LogP) is 2.80. The summed E-state index contributed by atoms with van der Waals surface area (Å²) in [5, 5.41) is 2.72. The summed E-state index contributed by atoms with van der Waals surface area (Å²) in [7, 11) is -3.21. The topological polar surface area (TPSA) is 110 Å². The molecule has 0 amide bonds. The van der Waals surface area contributed by atoms with E-state index in [1.165, 1.54) is 0 Å². The molecule has 2 saturated heterocycles. The molecule has 0 spiro atoms. The number of nitrogens with one attached hydrogen (secondary N) is 1. The van der Waals surface area contributed by atoms with Crippen molar-refractivity contribution in [3.05, 3.63) is 52.4 Å². The number of pyridine rings is 1. The van der Waals surface area contributed by atoms with Crippen LogP contribution in [0, 0.1) is 6.92 Å². The van der Waals surface area contributed by atoms with Gasteiger partial charge in [0.15, 0.2) is 0 Å². The monoisotopic (exact) mass is 526 g/mol. The van der Waals surface area contributed by atoms with Gasteiger partial charge in [0.2, 0.25) is 16.0 Å². The van der Waals surface area contributed by atoms with E-state index in [-0.39, 0.29) is 17.4 Å². The van der Waals surface area contributed by atoms with Gasteiger partial charge < -0.3 is 4.74 Å². The van der Waals surface area contributed by atoms with Crippen LogP contribution >= 0.6 is 0 Å². The number of nitrogens with zero attached hydrogens (tertiary/aromatic N) is 5. The maximum absolute atomic E-state index is 13.9. The molecule has 0 bridgehead atoms. The number of hydrazine groups is 1. The highest BCUT2D eigenvalue weighted by Crippen LogP contribution is 2.28. The second-order valence-electron chi connectivity index (χ2n) is 9.68. The SMILES string of the molecule is CCCS(=O)(=O)N1CCN(Nc2ncc3cc(-c4ccccc4C)c(=O)n(C4CCOCC4)c3n2)CC1. The molecule has 1 aromatic carbocycles. The van der Waals surface area contributed by atoms with E-state index in [0.29, 0.717) is 63.0 Å². The molecule has 2 aromatic heterocycles. The first kappa shape index (κ1) is 25.8. The summed E-state index contributed by atoms with van der Waals surface area (Å²) in [6.07, 6.45) is 3.84. The molecule has 1 N–H and O–H groups in total. The summed E-state index contributed by atoms with van der Waals surface area (Å²) in [4.78, 5) is 23.2. The maximum atomic E-state index is 13.9. The molecule has 0 saturated carbocycles. The quantitative estimate of drug-likeness (QED) is 0.501. The van der Waals surface area contributed by atoms with Crippen LogP contribution in [0.1, 0.15) is 37.8 Å². The average molecular weight is 527 g/mol. The lowest BCUT2D eigenvalue weighted by molar-refractivity contribution is 0.0697. The molecule has 0 unspecified atom stereocenters. The van der Waals surface area contributed by atoms with Gasteiger partial charge in [-0.2, -0.15) is 9.29 Å². The lowest BCUT2D eigenvalue weighted by Gasteiger charge is -2.34. The Morgan fingerprint density at radius 2 is 1.81 bits per heavy atom. The Morgan fingerprint density at radius 1 is 1.08 bits per heavy atom. The molecule has 198 valence electrons. The van der Waals surface area contributed by atoms with E-state index >= 15 is 0 Å². The zero-order chi connectivity index (χ0) is 26.0. The van der Waals surface area contributed by atoms with Gasteiger partial charge >= 0.3 is 0 Å². The predicted molar refractivity (Wildman–Crippen MR) is 144 cm³/mol. The standard InChI is InChI=1S/C26H34N6O4S/c1-3-16-37(34,35)31-12-10-30(11-13-31)29-26-27-18-20-17-23(22-7-5-4-6-19(22)2)25(33)32(24(20)28-26)21-8-14-36-15-9-21/h4-7,17-18,21H,3,8-16H2,1-2H3,(H,27,28,29).